The van der Waals surface area contributed by atoms with Crippen LogP contribution in [-0.2, 0) is 9.59 Å². The van der Waals surface area contributed by atoms with Gasteiger partial charge in [-0.2, -0.15) is 0 Å². The van der Waals surface area contributed by atoms with Gasteiger partial charge in [0, 0.05) is 6.04 Å². The fraction of sp³-hybridized carbons (Fsp3) is 0.875. The van der Waals surface area contributed by atoms with E-state index < -0.39 is 5.54 Å². The molecule has 1 rings (SSSR count). The fourth-order valence-corrected chi connectivity index (χ4v) is 3.29. The molecule has 116 valence electrons. The second-order valence-electron chi connectivity index (χ2n) is 6.15. The summed E-state index contributed by atoms with van der Waals surface area (Å²) in [6.07, 6.45) is 3.08. The van der Waals surface area contributed by atoms with Crippen LogP contribution in [0.25, 0.3) is 0 Å². The molecule has 2 amide bonds. The topological polar surface area (TPSA) is 49.4 Å². The van der Waals surface area contributed by atoms with Gasteiger partial charge < -0.3 is 10.2 Å². The van der Waals surface area contributed by atoms with E-state index in [0.29, 0.717) is 12.8 Å². The van der Waals surface area contributed by atoms with Crippen LogP contribution in [0.4, 0.5) is 0 Å². The number of carbonyl (C=O) groups excluding carboxylic acids is 2. The lowest BCUT2D eigenvalue weighted by atomic mass is 9.83. The molecule has 1 unspecified atom stereocenters. The van der Waals surface area contributed by atoms with Crippen LogP contribution in [0.5, 0.6) is 0 Å². The van der Waals surface area contributed by atoms with Crippen molar-refractivity contribution in [1.82, 2.24) is 10.2 Å². The lowest BCUT2D eigenvalue weighted by molar-refractivity contribution is -0.160. The maximum Gasteiger partial charge on any atom is 0.249 e. The third kappa shape index (κ3) is 2.70. The van der Waals surface area contributed by atoms with E-state index >= 15 is 0 Å². The summed E-state index contributed by atoms with van der Waals surface area (Å²) in [5.41, 5.74) is -0.703. The summed E-state index contributed by atoms with van der Waals surface area (Å²) in [5.74, 6) is 0.246. The van der Waals surface area contributed by atoms with Crippen LogP contribution in [0.1, 0.15) is 67.2 Å². The highest BCUT2D eigenvalue weighted by Gasteiger charge is 2.51. The standard InChI is InChI=1S/C16H30N2O2/c1-7-12(8-2)18-13(11(5)6)14(19)17-16(9-3,10-4)15(18)20/h11-13H,7-10H2,1-6H3,(H,17,19). The summed E-state index contributed by atoms with van der Waals surface area (Å²) in [5, 5.41) is 3.01. The Labute approximate surface area is 123 Å². The molecule has 0 radical (unpaired) electrons. The highest BCUT2D eigenvalue weighted by atomic mass is 16.2. The van der Waals surface area contributed by atoms with Crippen molar-refractivity contribution in [3.63, 3.8) is 0 Å². The van der Waals surface area contributed by atoms with E-state index in [1.54, 1.807) is 0 Å². The van der Waals surface area contributed by atoms with Crippen LogP contribution < -0.4 is 5.32 Å². The number of hydrogen-bond donors (Lipinski definition) is 1. The SMILES string of the molecule is CCC(CC)N1C(=O)C(CC)(CC)NC(=O)C1C(C)C. The molecule has 1 saturated heterocycles. The Morgan fingerprint density at radius 3 is 1.95 bits per heavy atom. The van der Waals surface area contributed by atoms with Crippen molar-refractivity contribution in [3.05, 3.63) is 0 Å². The molecule has 1 aliphatic heterocycles. The molecule has 1 atom stereocenters. The number of rotatable bonds is 6. The van der Waals surface area contributed by atoms with Crippen LogP contribution in [0, 0.1) is 5.92 Å². The first-order valence-electron chi connectivity index (χ1n) is 8.03. The van der Waals surface area contributed by atoms with E-state index in [9.17, 15) is 9.59 Å². The first kappa shape index (κ1) is 17.0. The van der Waals surface area contributed by atoms with Gasteiger partial charge in [0.25, 0.3) is 0 Å². The molecule has 0 bridgehead atoms. The molecular formula is C16H30N2O2. The summed E-state index contributed by atoms with van der Waals surface area (Å²) in [4.78, 5) is 27.5. The Morgan fingerprint density at radius 1 is 1.10 bits per heavy atom. The maximum atomic E-state index is 13.0. The summed E-state index contributed by atoms with van der Waals surface area (Å²) in [6, 6.07) is -0.183. The first-order chi connectivity index (χ1) is 9.38. The summed E-state index contributed by atoms with van der Waals surface area (Å²) in [6.45, 7) is 12.1. The minimum atomic E-state index is -0.703. The summed E-state index contributed by atoms with van der Waals surface area (Å²) >= 11 is 0. The van der Waals surface area contributed by atoms with Crippen molar-refractivity contribution in [2.24, 2.45) is 5.92 Å². The van der Waals surface area contributed by atoms with Gasteiger partial charge in [0.2, 0.25) is 11.8 Å². The van der Waals surface area contributed by atoms with Gasteiger partial charge in [-0.1, -0.05) is 41.5 Å². The van der Waals surface area contributed by atoms with Crippen LogP contribution in [0.3, 0.4) is 0 Å². The number of nitrogens with zero attached hydrogens (tertiary/aromatic N) is 1. The second-order valence-corrected chi connectivity index (χ2v) is 6.15. The van der Waals surface area contributed by atoms with E-state index in [1.165, 1.54) is 0 Å². The molecule has 0 aliphatic carbocycles. The number of carbonyl (C=O) groups is 2. The lowest BCUT2D eigenvalue weighted by Crippen LogP contribution is -2.72. The van der Waals surface area contributed by atoms with Gasteiger partial charge >= 0.3 is 0 Å². The van der Waals surface area contributed by atoms with Gasteiger partial charge in [-0.3, -0.25) is 9.59 Å². The van der Waals surface area contributed by atoms with Crippen LogP contribution in [-0.4, -0.2) is 34.3 Å². The quantitative estimate of drug-likeness (QED) is 0.814. The Hall–Kier alpha value is -1.06. The van der Waals surface area contributed by atoms with Crippen molar-refractivity contribution in [3.8, 4) is 0 Å². The predicted molar refractivity (Wildman–Crippen MR) is 81.3 cm³/mol. The van der Waals surface area contributed by atoms with Crippen molar-refractivity contribution in [1.29, 1.82) is 0 Å². The Balaban J connectivity index is 3.27. The van der Waals surface area contributed by atoms with E-state index in [1.807, 2.05) is 32.6 Å². The molecule has 4 heteroatoms. The van der Waals surface area contributed by atoms with E-state index in [-0.39, 0.29) is 29.8 Å². The molecule has 1 heterocycles. The average Bonchev–Trinajstić information content (AvgIpc) is 2.43. The average molecular weight is 282 g/mol. The zero-order valence-electron chi connectivity index (χ0n) is 13.8. The smallest absolute Gasteiger partial charge is 0.249 e. The molecule has 0 aromatic heterocycles. The lowest BCUT2D eigenvalue weighted by Gasteiger charge is -2.49. The van der Waals surface area contributed by atoms with Crippen molar-refractivity contribution < 1.29 is 9.59 Å². The molecule has 1 fully saturated rings. The fourth-order valence-electron chi connectivity index (χ4n) is 3.29. The Morgan fingerprint density at radius 2 is 1.60 bits per heavy atom. The molecule has 1 aliphatic rings. The summed E-state index contributed by atoms with van der Waals surface area (Å²) in [7, 11) is 0. The number of nitrogens with one attached hydrogen (secondary N) is 1. The molecule has 20 heavy (non-hydrogen) atoms. The van der Waals surface area contributed by atoms with Gasteiger partial charge in [0.05, 0.1) is 0 Å². The monoisotopic (exact) mass is 282 g/mol. The van der Waals surface area contributed by atoms with Gasteiger partial charge in [-0.05, 0) is 31.6 Å². The highest BCUT2D eigenvalue weighted by Crippen LogP contribution is 2.30. The minimum Gasteiger partial charge on any atom is -0.340 e. The van der Waals surface area contributed by atoms with Crippen molar-refractivity contribution in [2.75, 3.05) is 0 Å². The normalized spacial score (nSPS) is 22.6. The Bertz CT molecular complexity index is 357. The summed E-state index contributed by atoms with van der Waals surface area (Å²) < 4.78 is 0. The minimum absolute atomic E-state index is 0.00944. The molecule has 1 N–H and O–H groups in total. The van der Waals surface area contributed by atoms with Crippen LogP contribution in [0.2, 0.25) is 0 Å². The van der Waals surface area contributed by atoms with E-state index in [2.05, 4.69) is 19.2 Å². The molecular weight excluding hydrogens is 252 g/mol. The number of piperazine rings is 1. The number of hydrogen-bond acceptors (Lipinski definition) is 2. The van der Waals surface area contributed by atoms with E-state index in [0.717, 1.165) is 12.8 Å². The Kier molecular flexibility index (Phi) is 5.60. The molecule has 0 aromatic carbocycles. The van der Waals surface area contributed by atoms with Crippen molar-refractivity contribution >= 4 is 11.8 Å². The first-order valence-corrected chi connectivity index (χ1v) is 8.03. The molecule has 0 aromatic rings. The molecule has 4 nitrogen and oxygen atoms in total. The van der Waals surface area contributed by atoms with Crippen molar-refractivity contribution in [2.45, 2.75) is 84.8 Å². The zero-order chi connectivity index (χ0) is 15.5. The van der Waals surface area contributed by atoms with Gasteiger partial charge in [0.1, 0.15) is 11.6 Å². The zero-order valence-corrected chi connectivity index (χ0v) is 13.8. The van der Waals surface area contributed by atoms with Crippen LogP contribution in [0.15, 0.2) is 0 Å². The van der Waals surface area contributed by atoms with E-state index in [4.69, 9.17) is 0 Å². The largest absolute Gasteiger partial charge is 0.340 e. The maximum absolute atomic E-state index is 13.0. The van der Waals surface area contributed by atoms with Gasteiger partial charge in [-0.15, -0.1) is 0 Å². The number of amides is 2. The predicted octanol–water partition coefficient (Wildman–Crippen LogP) is 2.72. The molecule has 0 saturated carbocycles. The molecule has 0 spiro atoms. The van der Waals surface area contributed by atoms with Gasteiger partial charge in [0.15, 0.2) is 0 Å². The van der Waals surface area contributed by atoms with Crippen LogP contribution >= 0.6 is 0 Å². The van der Waals surface area contributed by atoms with Gasteiger partial charge in [-0.25, -0.2) is 0 Å². The highest BCUT2D eigenvalue weighted by molar-refractivity contribution is 6.00. The third-order valence-electron chi connectivity index (χ3n) is 4.75. The third-order valence-corrected chi connectivity index (χ3v) is 4.75. The second kappa shape index (κ2) is 6.59.